The molecule has 0 spiro atoms. The monoisotopic (exact) mass is 316 g/mol. The molecular formula is C19H16N4O. The standard InChI is InChI=1S/C19H16N4O/c1-20-14-6-2-3-7-15(14)21-12-13-10-11-18(24-13)19-22-16-8-4-5-9-17(16)23-19/h2-12,20H,1H3,(H,22,23). The highest BCUT2D eigenvalue weighted by Crippen LogP contribution is 2.25. The molecule has 0 aliphatic heterocycles. The van der Waals surface area contributed by atoms with Crippen LogP contribution in [0.1, 0.15) is 5.76 Å². The molecule has 0 saturated carbocycles. The molecule has 0 atom stereocenters. The number of H-pyrrole nitrogens is 1. The number of hydrogen-bond donors (Lipinski definition) is 2. The van der Waals surface area contributed by atoms with Crippen LogP contribution in [-0.4, -0.2) is 23.2 Å². The van der Waals surface area contributed by atoms with E-state index in [0.29, 0.717) is 17.3 Å². The van der Waals surface area contributed by atoms with E-state index in [1.54, 1.807) is 6.21 Å². The molecule has 0 fully saturated rings. The van der Waals surface area contributed by atoms with Gasteiger partial charge in [-0.2, -0.15) is 0 Å². The first-order chi connectivity index (χ1) is 11.8. The van der Waals surface area contributed by atoms with E-state index in [9.17, 15) is 0 Å². The number of anilines is 1. The van der Waals surface area contributed by atoms with Crippen molar-refractivity contribution in [3.05, 3.63) is 66.4 Å². The van der Waals surface area contributed by atoms with E-state index < -0.39 is 0 Å². The van der Waals surface area contributed by atoms with Gasteiger partial charge in [-0.25, -0.2) is 4.98 Å². The number of nitrogens with zero attached hydrogens (tertiary/aromatic N) is 2. The lowest BCUT2D eigenvalue weighted by molar-refractivity contribution is 0.571. The Labute approximate surface area is 139 Å². The molecule has 4 rings (SSSR count). The molecule has 2 N–H and O–H groups in total. The third-order valence-corrected chi connectivity index (χ3v) is 3.75. The smallest absolute Gasteiger partial charge is 0.174 e. The molecule has 2 heterocycles. The number of hydrogen-bond acceptors (Lipinski definition) is 4. The molecule has 5 heteroatoms. The molecule has 0 radical (unpaired) electrons. The molecule has 5 nitrogen and oxygen atoms in total. The molecule has 0 aliphatic rings. The van der Waals surface area contributed by atoms with Crippen LogP contribution in [0.3, 0.4) is 0 Å². The molecule has 24 heavy (non-hydrogen) atoms. The number of rotatable bonds is 4. The van der Waals surface area contributed by atoms with Crippen LogP contribution in [0.5, 0.6) is 0 Å². The van der Waals surface area contributed by atoms with Gasteiger partial charge in [0.05, 0.1) is 28.6 Å². The van der Waals surface area contributed by atoms with Crippen molar-refractivity contribution in [2.45, 2.75) is 0 Å². The van der Waals surface area contributed by atoms with Crippen molar-refractivity contribution in [2.75, 3.05) is 12.4 Å². The van der Waals surface area contributed by atoms with Crippen LogP contribution in [0.15, 0.2) is 70.1 Å². The van der Waals surface area contributed by atoms with E-state index >= 15 is 0 Å². The van der Waals surface area contributed by atoms with Crippen molar-refractivity contribution in [1.29, 1.82) is 0 Å². The Balaban J connectivity index is 1.61. The van der Waals surface area contributed by atoms with Gasteiger partial charge >= 0.3 is 0 Å². The second-order valence-corrected chi connectivity index (χ2v) is 5.33. The summed E-state index contributed by atoms with van der Waals surface area (Å²) in [5.74, 6) is 2.08. The third kappa shape index (κ3) is 2.67. The zero-order chi connectivity index (χ0) is 16.4. The third-order valence-electron chi connectivity index (χ3n) is 3.75. The molecule has 0 saturated heterocycles. The minimum atomic E-state index is 0.677. The zero-order valence-electron chi connectivity index (χ0n) is 13.2. The first-order valence-corrected chi connectivity index (χ1v) is 7.69. The molecule has 0 bridgehead atoms. The van der Waals surface area contributed by atoms with Crippen molar-refractivity contribution in [1.82, 2.24) is 9.97 Å². The van der Waals surface area contributed by atoms with Crippen LogP contribution in [-0.2, 0) is 0 Å². The summed E-state index contributed by atoms with van der Waals surface area (Å²) < 4.78 is 5.83. The lowest BCUT2D eigenvalue weighted by Crippen LogP contribution is -1.87. The summed E-state index contributed by atoms with van der Waals surface area (Å²) in [5.41, 5.74) is 3.74. The Morgan fingerprint density at radius 2 is 1.88 bits per heavy atom. The number of benzene rings is 2. The first kappa shape index (κ1) is 14.3. The van der Waals surface area contributed by atoms with Gasteiger partial charge in [-0.1, -0.05) is 24.3 Å². The van der Waals surface area contributed by atoms with Crippen molar-refractivity contribution in [3.63, 3.8) is 0 Å². The van der Waals surface area contributed by atoms with Crippen LogP contribution in [0, 0.1) is 0 Å². The molecule has 2 aromatic heterocycles. The van der Waals surface area contributed by atoms with Gasteiger partial charge in [0.1, 0.15) is 5.76 Å². The van der Waals surface area contributed by atoms with Crippen molar-refractivity contribution < 1.29 is 4.42 Å². The van der Waals surface area contributed by atoms with Gasteiger partial charge in [0.25, 0.3) is 0 Å². The highest BCUT2D eigenvalue weighted by Gasteiger charge is 2.08. The summed E-state index contributed by atoms with van der Waals surface area (Å²) in [6, 6.07) is 19.5. The predicted octanol–water partition coefficient (Wildman–Crippen LogP) is 4.62. The number of nitrogens with one attached hydrogen (secondary N) is 2. The maximum absolute atomic E-state index is 5.83. The van der Waals surface area contributed by atoms with Gasteiger partial charge in [0.15, 0.2) is 11.6 Å². The molecule has 4 aromatic rings. The quantitative estimate of drug-likeness (QED) is 0.540. The molecule has 2 aromatic carbocycles. The summed E-state index contributed by atoms with van der Waals surface area (Å²) >= 11 is 0. The summed E-state index contributed by atoms with van der Waals surface area (Å²) in [5, 5.41) is 3.12. The van der Waals surface area contributed by atoms with Crippen LogP contribution >= 0.6 is 0 Å². The largest absolute Gasteiger partial charge is 0.452 e. The van der Waals surface area contributed by atoms with Gasteiger partial charge < -0.3 is 14.7 Å². The van der Waals surface area contributed by atoms with E-state index in [1.165, 1.54) is 0 Å². The van der Waals surface area contributed by atoms with Crippen LogP contribution in [0.25, 0.3) is 22.6 Å². The average Bonchev–Trinajstić information content (AvgIpc) is 3.26. The van der Waals surface area contributed by atoms with Gasteiger partial charge in [0, 0.05) is 7.05 Å². The van der Waals surface area contributed by atoms with E-state index in [2.05, 4.69) is 20.3 Å². The summed E-state index contributed by atoms with van der Waals surface area (Å²) in [4.78, 5) is 12.3. The van der Waals surface area contributed by atoms with Crippen molar-refractivity contribution in [2.24, 2.45) is 4.99 Å². The molecular weight excluding hydrogens is 300 g/mol. The number of fused-ring (bicyclic) bond motifs is 1. The van der Waals surface area contributed by atoms with E-state index in [1.807, 2.05) is 67.7 Å². The Bertz CT molecular complexity index is 980. The van der Waals surface area contributed by atoms with Gasteiger partial charge in [-0.15, -0.1) is 0 Å². The molecule has 118 valence electrons. The number of furan rings is 1. The fourth-order valence-corrected chi connectivity index (χ4v) is 2.55. The topological polar surface area (TPSA) is 66.2 Å². The van der Waals surface area contributed by atoms with Crippen LogP contribution in [0.4, 0.5) is 11.4 Å². The minimum Gasteiger partial charge on any atom is -0.452 e. The number of para-hydroxylation sites is 4. The summed E-state index contributed by atoms with van der Waals surface area (Å²) in [6.07, 6.45) is 1.71. The Hall–Kier alpha value is -3.34. The van der Waals surface area contributed by atoms with E-state index in [4.69, 9.17) is 4.42 Å². The Morgan fingerprint density at radius 1 is 1.04 bits per heavy atom. The van der Waals surface area contributed by atoms with Crippen LogP contribution < -0.4 is 5.32 Å². The Morgan fingerprint density at radius 3 is 2.75 bits per heavy atom. The molecule has 0 unspecified atom stereocenters. The van der Waals surface area contributed by atoms with Gasteiger partial charge in [-0.05, 0) is 36.4 Å². The molecule has 0 aliphatic carbocycles. The lowest BCUT2D eigenvalue weighted by Gasteiger charge is -2.02. The molecule has 0 amide bonds. The van der Waals surface area contributed by atoms with E-state index in [0.717, 1.165) is 22.4 Å². The Kier molecular flexibility index (Phi) is 3.59. The van der Waals surface area contributed by atoms with Crippen LogP contribution in [0.2, 0.25) is 0 Å². The number of aromatic amines is 1. The number of aromatic nitrogens is 2. The minimum absolute atomic E-state index is 0.677. The fraction of sp³-hybridized carbons (Fsp3) is 0.0526. The second-order valence-electron chi connectivity index (χ2n) is 5.33. The normalized spacial score (nSPS) is 11.4. The van der Waals surface area contributed by atoms with Crippen molar-refractivity contribution >= 4 is 28.6 Å². The second kappa shape index (κ2) is 6.04. The fourth-order valence-electron chi connectivity index (χ4n) is 2.55. The maximum atomic E-state index is 5.83. The number of aliphatic imine (C=N–C) groups is 1. The van der Waals surface area contributed by atoms with E-state index in [-0.39, 0.29) is 0 Å². The summed E-state index contributed by atoms with van der Waals surface area (Å²) in [6.45, 7) is 0. The van der Waals surface area contributed by atoms with Gasteiger partial charge in [-0.3, -0.25) is 4.99 Å². The van der Waals surface area contributed by atoms with Gasteiger partial charge in [0.2, 0.25) is 0 Å². The highest BCUT2D eigenvalue weighted by atomic mass is 16.3. The highest BCUT2D eigenvalue weighted by molar-refractivity contribution is 5.83. The lowest BCUT2D eigenvalue weighted by atomic mass is 10.3. The average molecular weight is 316 g/mol. The first-order valence-electron chi connectivity index (χ1n) is 7.69. The van der Waals surface area contributed by atoms with Crippen molar-refractivity contribution in [3.8, 4) is 11.6 Å². The predicted molar refractivity (Wildman–Crippen MR) is 97.0 cm³/mol. The zero-order valence-corrected chi connectivity index (χ0v) is 13.2. The maximum Gasteiger partial charge on any atom is 0.174 e. The SMILES string of the molecule is CNc1ccccc1N=Cc1ccc(-c2nc3ccccc3[nH]2)o1. The summed E-state index contributed by atoms with van der Waals surface area (Å²) in [7, 11) is 1.88. The number of imidazole rings is 1.